The number of carbonyl (C=O) groups excluding carboxylic acids is 1. The molecule has 0 bridgehead atoms. The molecular formula is C37H34N2O7. The van der Waals surface area contributed by atoms with Gasteiger partial charge in [0.25, 0.3) is 0 Å². The highest BCUT2D eigenvalue weighted by Gasteiger charge is 2.53. The highest BCUT2D eigenvalue weighted by atomic mass is 16.5. The van der Waals surface area contributed by atoms with E-state index in [1.54, 1.807) is 66.2 Å². The first-order valence-electron chi connectivity index (χ1n) is 15.2. The van der Waals surface area contributed by atoms with Crippen molar-refractivity contribution in [3.63, 3.8) is 0 Å². The molecule has 2 aliphatic rings. The summed E-state index contributed by atoms with van der Waals surface area (Å²) in [6.45, 7) is 7.33. The number of Topliss-reactive ketones (excluding diaryl/α,β-unsaturated/α-hetero) is 1. The van der Waals surface area contributed by atoms with Gasteiger partial charge in [-0.25, -0.2) is 0 Å². The first kappa shape index (κ1) is 29.6. The average Bonchev–Trinajstić information content (AvgIpc) is 3.00. The maximum atomic E-state index is 14.9. The van der Waals surface area contributed by atoms with Crippen LogP contribution in [0.5, 0.6) is 11.5 Å². The number of carbonyl (C=O) groups is 1. The Labute approximate surface area is 263 Å². The first-order valence-corrected chi connectivity index (χ1v) is 15.2. The van der Waals surface area contributed by atoms with Gasteiger partial charge in [0.15, 0.2) is 5.60 Å². The van der Waals surface area contributed by atoms with Crippen molar-refractivity contribution in [2.75, 3.05) is 0 Å². The summed E-state index contributed by atoms with van der Waals surface area (Å²) < 4.78 is 7.92. The van der Waals surface area contributed by atoms with Crippen LogP contribution in [0.3, 0.4) is 0 Å². The number of hydrogen-bond donors (Lipinski definition) is 4. The van der Waals surface area contributed by atoms with Gasteiger partial charge in [-0.1, -0.05) is 35.9 Å². The molecule has 1 aliphatic carbocycles. The number of aliphatic hydroxyl groups is 2. The number of hydrogen-bond acceptors (Lipinski definition) is 7. The van der Waals surface area contributed by atoms with Gasteiger partial charge < -0.3 is 29.6 Å². The van der Waals surface area contributed by atoms with Crippen molar-refractivity contribution in [3.05, 3.63) is 109 Å². The first-order chi connectivity index (χ1) is 21.7. The highest BCUT2D eigenvalue weighted by molar-refractivity contribution is 6.13. The summed E-state index contributed by atoms with van der Waals surface area (Å²) in [5.41, 5.74) is -1.82. The van der Waals surface area contributed by atoms with Gasteiger partial charge in [-0.2, -0.15) is 0 Å². The molecule has 0 amide bonds. The number of H-pyrrole nitrogens is 1. The molecule has 7 rings (SSSR count). The number of para-hydroxylation sites is 2. The van der Waals surface area contributed by atoms with Crippen LogP contribution in [0.25, 0.3) is 38.5 Å². The zero-order chi connectivity index (χ0) is 32.9. The Bertz CT molecular complexity index is 2350. The molecule has 2 atom stereocenters. The number of nitrogens with one attached hydrogen (secondary N) is 1. The highest BCUT2D eigenvalue weighted by Crippen LogP contribution is 2.53. The van der Waals surface area contributed by atoms with E-state index in [0.717, 1.165) is 5.57 Å². The van der Waals surface area contributed by atoms with E-state index in [1.807, 2.05) is 27.7 Å². The van der Waals surface area contributed by atoms with E-state index in [2.05, 4.69) is 4.98 Å². The van der Waals surface area contributed by atoms with Crippen LogP contribution >= 0.6 is 0 Å². The minimum atomic E-state index is -2.21. The van der Waals surface area contributed by atoms with Crippen LogP contribution < -0.4 is 15.6 Å². The maximum absolute atomic E-state index is 14.9. The molecule has 4 N–H and O–H groups in total. The molecule has 234 valence electrons. The van der Waals surface area contributed by atoms with Crippen molar-refractivity contribution >= 4 is 44.3 Å². The molecule has 2 aromatic heterocycles. The van der Waals surface area contributed by atoms with Crippen LogP contribution in [0, 0.1) is 0 Å². The summed E-state index contributed by atoms with van der Waals surface area (Å²) in [7, 11) is 1.67. The van der Waals surface area contributed by atoms with Gasteiger partial charge in [0, 0.05) is 52.9 Å². The van der Waals surface area contributed by atoms with E-state index in [0.29, 0.717) is 27.4 Å². The van der Waals surface area contributed by atoms with Gasteiger partial charge in [0.1, 0.15) is 22.9 Å². The molecule has 9 nitrogen and oxygen atoms in total. The summed E-state index contributed by atoms with van der Waals surface area (Å²) in [6.07, 6.45) is 1.75. The van der Waals surface area contributed by atoms with Crippen molar-refractivity contribution in [2.45, 2.75) is 57.7 Å². The Morgan fingerprint density at radius 2 is 1.70 bits per heavy atom. The average molecular weight is 619 g/mol. The predicted octanol–water partition coefficient (Wildman–Crippen LogP) is 5.98. The molecule has 3 heterocycles. The summed E-state index contributed by atoms with van der Waals surface area (Å²) in [5, 5.41) is 36.5. The van der Waals surface area contributed by atoms with Gasteiger partial charge in [-0.15, -0.1) is 0 Å². The summed E-state index contributed by atoms with van der Waals surface area (Å²) >= 11 is 0. The lowest BCUT2D eigenvalue weighted by Gasteiger charge is -2.42. The number of aromatic hydroxyl groups is 1. The van der Waals surface area contributed by atoms with Crippen LogP contribution in [0.1, 0.15) is 63.3 Å². The number of phenolic OH excluding ortho intramolecular Hbond substituents is 1. The molecule has 1 aliphatic heterocycles. The van der Waals surface area contributed by atoms with Gasteiger partial charge in [-0.05, 0) is 58.4 Å². The SMILES string of the molecule is CC(C)=CCC1(O)C(=O)C(C2CC(C)(C)Oc3cc(O)c4c(=O)c5ccccc5[nH]c4c32)=C(O)c2c1n(C)c1ccccc1c2=O. The molecule has 0 spiro atoms. The van der Waals surface area contributed by atoms with E-state index >= 15 is 0 Å². The van der Waals surface area contributed by atoms with Crippen molar-refractivity contribution in [1.82, 2.24) is 9.55 Å². The number of allylic oxidation sites excluding steroid dienone is 1. The fraction of sp³-hybridized carbons (Fsp3) is 0.270. The van der Waals surface area contributed by atoms with Crippen molar-refractivity contribution < 1.29 is 24.9 Å². The fourth-order valence-corrected chi connectivity index (χ4v) is 7.32. The Morgan fingerprint density at radius 3 is 2.41 bits per heavy atom. The molecule has 2 unspecified atom stereocenters. The summed E-state index contributed by atoms with van der Waals surface area (Å²) in [5.74, 6) is -2.29. The standard InChI is InChI=1S/C37H34N2O7/c1-18(2)14-15-37(45)34-29(32(42)20-11-7-9-13-23(20)39(34)5)33(43)27(35(37)44)21-17-36(3,4)46-25-16-24(40)28-30(26(21)25)38-22-12-8-6-10-19(22)31(28)41/h6-14,16,21,40,43,45H,15,17H2,1-5H3,(H,38,41). The smallest absolute Gasteiger partial charge is 0.201 e. The second-order valence-electron chi connectivity index (χ2n) is 13.2. The molecule has 0 saturated heterocycles. The summed E-state index contributed by atoms with van der Waals surface area (Å²) in [6, 6.07) is 15.1. The van der Waals surface area contributed by atoms with Gasteiger partial charge in [0.05, 0.1) is 27.7 Å². The van der Waals surface area contributed by atoms with Crippen LogP contribution in [-0.4, -0.2) is 36.3 Å². The van der Waals surface area contributed by atoms with Gasteiger partial charge in [-0.3, -0.25) is 14.4 Å². The van der Waals surface area contributed by atoms with E-state index in [1.165, 1.54) is 6.07 Å². The monoisotopic (exact) mass is 618 g/mol. The van der Waals surface area contributed by atoms with Gasteiger partial charge in [0.2, 0.25) is 16.6 Å². The number of fused-ring (bicyclic) bond motifs is 6. The molecule has 0 radical (unpaired) electrons. The number of pyridine rings is 2. The van der Waals surface area contributed by atoms with Crippen LogP contribution in [0.4, 0.5) is 0 Å². The number of aliphatic hydroxyl groups excluding tert-OH is 1. The molecule has 0 fully saturated rings. The molecular weight excluding hydrogens is 584 g/mol. The lowest BCUT2D eigenvalue weighted by Crippen LogP contribution is -2.47. The number of nitrogens with zero attached hydrogens (tertiary/aromatic N) is 1. The zero-order valence-corrected chi connectivity index (χ0v) is 26.2. The van der Waals surface area contributed by atoms with Crippen molar-refractivity contribution in [1.29, 1.82) is 0 Å². The lowest BCUT2D eigenvalue weighted by molar-refractivity contribution is -0.135. The number of phenols is 1. The lowest BCUT2D eigenvalue weighted by atomic mass is 9.69. The Hall–Kier alpha value is -5.15. The molecule has 46 heavy (non-hydrogen) atoms. The second kappa shape index (κ2) is 9.92. The van der Waals surface area contributed by atoms with Gasteiger partial charge >= 0.3 is 0 Å². The van der Waals surface area contributed by atoms with Crippen LogP contribution in [0.15, 0.2) is 81.4 Å². The normalized spacial score (nSPS) is 20.5. The third-order valence-corrected chi connectivity index (χ3v) is 9.37. The van der Waals surface area contributed by atoms with E-state index in [9.17, 15) is 29.7 Å². The largest absolute Gasteiger partial charge is 0.507 e. The number of ether oxygens (including phenoxy) is 1. The number of rotatable bonds is 3. The van der Waals surface area contributed by atoms with Crippen molar-refractivity contribution in [2.24, 2.45) is 7.05 Å². The quantitative estimate of drug-likeness (QED) is 0.144. The molecule has 9 heteroatoms. The Morgan fingerprint density at radius 1 is 1.02 bits per heavy atom. The molecule has 5 aromatic rings. The second-order valence-corrected chi connectivity index (χ2v) is 13.2. The maximum Gasteiger partial charge on any atom is 0.201 e. The number of ketones is 1. The topological polar surface area (TPSA) is 142 Å². The van der Waals surface area contributed by atoms with E-state index in [4.69, 9.17) is 4.74 Å². The fourth-order valence-electron chi connectivity index (χ4n) is 7.32. The third-order valence-electron chi connectivity index (χ3n) is 9.37. The number of benzene rings is 3. The third kappa shape index (κ3) is 4.08. The minimum Gasteiger partial charge on any atom is -0.507 e. The number of aryl methyl sites for hydroxylation is 1. The number of aromatic nitrogens is 2. The molecule has 0 saturated carbocycles. The van der Waals surface area contributed by atoms with Crippen LogP contribution in [0.2, 0.25) is 0 Å². The van der Waals surface area contributed by atoms with Crippen LogP contribution in [-0.2, 0) is 17.4 Å². The zero-order valence-electron chi connectivity index (χ0n) is 26.2. The minimum absolute atomic E-state index is 0.0104. The number of aromatic amines is 1. The van der Waals surface area contributed by atoms with E-state index < -0.39 is 39.5 Å². The van der Waals surface area contributed by atoms with Crippen molar-refractivity contribution in [3.8, 4) is 11.5 Å². The summed E-state index contributed by atoms with van der Waals surface area (Å²) in [4.78, 5) is 46.0. The predicted molar refractivity (Wildman–Crippen MR) is 177 cm³/mol. The Kier molecular flexibility index (Phi) is 6.38. The van der Waals surface area contributed by atoms with E-state index in [-0.39, 0.29) is 52.1 Å². The molecule has 3 aromatic carbocycles. The Balaban J connectivity index is 1.62.